The van der Waals surface area contributed by atoms with Gasteiger partial charge in [0.15, 0.2) is 0 Å². The molecule has 1 aromatic carbocycles. The first-order chi connectivity index (χ1) is 6.77. The standard InChI is InChI=1S/C11H13BrIN/c12-10-5-4-8(13)7-9(10)11-3-1-2-6-14-11/h4-5,7,11,14H,1-3,6H2. The molecule has 1 aliphatic heterocycles. The number of benzene rings is 1. The molecule has 76 valence electrons. The van der Waals surface area contributed by atoms with E-state index in [1.165, 1.54) is 32.9 Å². The molecule has 1 N–H and O–H groups in total. The van der Waals surface area contributed by atoms with Crippen LogP contribution >= 0.6 is 38.5 Å². The van der Waals surface area contributed by atoms with Gasteiger partial charge >= 0.3 is 0 Å². The maximum absolute atomic E-state index is 3.62. The summed E-state index contributed by atoms with van der Waals surface area (Å²) >= 11 is 5.99. The molecule has 1 aliphatic rings. The van der Waals surface area contributed by atoms with E-state index >= 15 is 0 Å². The molecule has 3 heteroatoms. The lowest BCUT2D eigenvalue weighted by molar-refractivity contribution is 0.411. The zero-order valence-corrected chi connectivity index (χ0v) is 11.6. The minimum absolute atomic E-state index is 0.549. The van der Waals surface area contributed by atoms with E-state index in [2.05, 4.69) is 62.0 Å². The first kappa shape index (κ1) is 10.9. The zero-order chi connectivity index (χ0) is 9.97. The maximum atomic E-state index is 3.62. The molecule has 1 unspecified atom stereocenters. The Balaban J connectivity index is 2.24. The van der Waals surface area contributed by atoms with E-state index in [9.17, 15) is 0 Å². The summed E-state index contributed by atoms with van der Waals surface area (Å²) < 4.78 is 2.55. The smallest absolute Gasteiger partial charge is 0.0331 e. The van der Waals surface area contributed by atoms with Crippen molar-refractivity contribution in [1.29, 1.82) is 0 Å². The Kier molecular flexibility index (Phi) is 3.85. The van der Waals surface area contributed by atoms with Gasteiger partial charge in [-0.2, -0.15) is 0 Å². The van der Waals surface area contributed by atoms with Gasteiger partial charge in [-0.05, 0) is 65.7 Å². The predicted molar refractivity (Wildman–Crippen MR) is 71.5 cm³/mol. The lowest BCUT2D eigenvalue weighted by Crippen LogP contribution is -2.27. The molecule has 1 aromatic rings. The second kappa shape index (κ2) is 4.94. The van der Waals surface area contributed by atoms with Crippen LogP contribution in [0.25, 0.3) is 0 Å². The van der Waals surface area contributed by atoms with Gasteiger partial charge in [0.1, 0.15) is 0 Å². The van der Waals surface area contributed by atoms with Gasteiger partial charge in [-0.3, -0.25) is 0 Å². The molecule has 0 aromatic heterocycles. The fourth-order valence-corrected chi connectivity index (χ4v) is 2.94. The van der Waals surface area contributed by atoms with Crippen molar-refractivity contribution in [2.45, 2.75) is 25.3 Å². The van der Waals surface area contributed by atoms with Crippen LogP contribution in [0.2, 0.25) is 0 Å². The van der Waals surface area contributed by atoms with Crippen LogP contribution in [0.4, 0.5) is 0 Å². The van der Waals surface area contributed by atoms with Crippen LogP contribution < -0.4 is 5.32 Å². The van der Waals surface area contributed by atoms with E-state index in [4.69, 9.17) is 0 Å². The van der Waals surface area contributed by atoms with E-state index < -0.39 is 0 Å². The molecule has 0 aliphatic carbocycles. The topological polar surface area (TPSA) is 12.0 Å². The average Bonchev–Trinajstić information content (AvgIpc) is 2.23. The fourth-order valence-electron chi connectivity index (χ4n) is 1.90. The van der Waals surface area contributed by atoms with Gasteiger partial charge in [0.05, 0.1) is 0 Å². The van der Waals surface area contributed by atoms with Gasteiger partial charge in [0.2, 0.25) is 0 Å². The second-order valence-electron chi connectivity index (χ2n) is 3.67. The normalized spacial score (nSPS) is 22.3. The average molecular weight is 366 g/mol. The molecule has 0 radical (unpaired) electrons. The van der Waals surface area contributed by atoms with Crippen LogP contribution in [0.5, 0.6) is 0 Å². The fraction of sp³-hybridized carbons (Fsp3) is 0.455. The van der Waals surface area contributed by atoms with Gasteiger partial charge in [0.25, 0.3) is 0 Å². The molecule has 0 amide bonds. The van der Waals surface area contributed by atoms with Crippen LogP contribution in [-0.4, -0.2) is 6.54 Å². The van der Waals surface area contributed by atoms with Crippen molar-refractivity contribution in [3.05, 3.63) is 31.8 Å². The lowest BCUT2D eigenvalue weighted by Gasteiger charge is -2.24. The first-order valence-electron chi connectivity index (χ1n) is 4.96. The van der Waals surface area contributed by atoms with Crippen LogP contribution in [0.3, 0.4) is 0 Å². The predicted octanol–water partition coefficient (Wildman–Crippen LogP) is 3.87. The van der Waals surface area contributed by atoms with Gasteiger partial charge in [0, 0.05) is 14.1 Å². The van der Waals surface area contributed by atoms with Crippen molar-refractivity contribution in [3.8, 4) is 0 Å². The zero-order valence-electron chi connectivity index (χ0n) is 7.89. The summed E-state index contributed by atoms with van der Waals surface area (Å²) in [5.74, 6) is 0. The summed E-state index contributed by atoms with van der Waals surface area (Å²) in [4.78, 5) is 0. The molecular formula is C11H13BrIN. The third-order valence-electron chi connectivity index (χ3n) is 2.64. The molecule has 0 saturated carbocycles. The van der Waals surface area contributed by atoms with Crippen molar-refractivity contribution in [2.24, 2.45) is 0 Å². The van der Waals surface area contributed by atoms with Crippen LogP contribution in [-0.2, 0) is 0 Å². The highest BCUT2D eigenvalue weighted by molar-refractivity contribution is 14.1. The van der Waals surface area contributed by atoms with Crippen molar-refractivity contribution < 1.29 is 0 Å². The minimum atomic E-state index is 0.549. The monoisotopic (exact) mass is 365 g/mol. The van der Waals surface area contributed by atoms with E-state index in [-0.39, 0.29) is 0 Å². The lowest BCUT2D eigenvalue weighted by atomic mass is 9.98. The Labute approximate surface area is 107 Å². The summed E-state index contributed by atoms with van der Waals surface area (Å²) in [5.41, 5.74) is 1.41. The largest absolute Gasteiger partial charge is 0.310 e. The molecule has 0 spiro atoms. The van der Waals surface area contributed by atoms with E-state index in [1.54, 1.807) is 0 Å². The Bertz CT molecular complexity index is 321. The Hall–Kier alpha value is 0.390. The number of hydrogen-bond donors (Lipinski definition) is 1. The quantitative estimate of drug-likeness (QED) is 0.745. The van der Waals surface area contributed by atoms with E-state index in [0.717, 1.165) is 6.54 Å². The molecule has 14 heavy (non-hydrogen) atoms. The number of piperidine rings is 1. The van der Waals surface area contributed by atoms with Crippen molar-refractivity contribution in [1.82, 2.24) is 5.32 Å². The Morgan fingerprint density at radius 2 is 2.21 bits per heavy atom. The molecule has 1 atom stereocenters. The summed E-state index contributed by atoms with van der Waals surface area (Å²) in [5, 5.41) is 3.57. The summed E-state index contributed by atoms with van der Waals surface area (Å²) in [6.45, 7) is 1.16. The molecule has 2 rings (SSSR count). The van der Waals surface area contributed by atoms with Crippen LogP contribution in [0.1, 0.15) is 30.9 Å². The van der Waals surface area contributed by atoms with Gasteiger partial charge < -0.3 is 5.32 Å². The molecule has 0 bridgehead atoms. The third-order valence-corrected chi connectivity index (χ3v) is 4.04. The van der Waals surface area contributed by atoms with Crippen molar-refractivity contribution >= 4 is 38.5 Å². The highest BCUT2D eigenvalue weighted by Crippen LogP contribution is 2.30. The second-order valence-corrected chi connectivity index (χ2v) is 5.77. The summed E-state index contributed by atoms with van der Waals surface area (Å²) in [6.07, 6.45) is 3.92. The molecule has 1 saturated heterocycles. The molecule has 1 nitrogen and oxygen atoms in total. The highest BCUT2D eigenvalue weighted by atomic mass is 127. The Morgan fingerprint density at radius 1 is 1.36 bits per heavy atom. The summed E-state index contributed by atoms with van der Waals surface area (Å²) in [7, 11) is 0. The van der Waals surface area contributed by atoms with Crippen molar-refractivity contribution in [3.63, 3.8) is 0 Å². The molecule has 1 fully saturated rings. The molecule has 1 heterocycles. The first-order valence-corrected chi connectivity index (χ1v) is 6.83. The SMILES string of the molecule is Brc1ccc(I)cc1C1CCCCN1. The molecular weight excluding hydrogens is 353 g/mol. The van der Waals surface area contributed by atoms with Gasteiger partial charge in [-0.1, -0.05) is 22.4 Å². The number of nitrogens with one attached hydrogen (secondary N) is 1. The number of halogens is 2. The van der Waals surface area contributed by atoms with Gasteiger partial charge in [-0.15, -0.1) is 0 Å². The van der Waals surface area contributed by atoms with E-state index in [1.807, 2.05) is 0 Å². The number of rotatable bonds is 1. The maximum Gasteiger partial charge on any atom is 0.0331 e. The van der Waals surface area contributed by atoms with Gasteiger partial charge in [-0.25, -0.2) is 0 Å². The van der Waals surface area contributed by atoms with Crippen LogP contribution in [0.15, 0.2) is 22.7 Å². The van der Waals surface area contributed by atoms with Crippen molar-refractivity contribution in [2.75, 3.05) is 6.54 Å². The highest BCUT2D eigenvalue weighted by Gasteiger charge is 2.16. The van der Waals surface area contributed by atoms with Crippen LogP contribution in [0, 0.1) is 3.57 Å². The third kappa shape index (κ3) is 2.49. The van der Waals surface area contributed by atoms with E-state index in [0.29, 0.717) is 6.04 Å². The summed E-state index contributed by atoms with van der Waals surface area (Å²) in [6, 6.07) is 7.10. The minimum Gasteiger partial charge on any atom is -0.310 e. The Morgan fingerprint density at radius 3 is 2.93 bits per heavy atom. The number of hydrogen-bond acceptors (Lipinski definition) is 1.